The van der Waals surface area contributed by atoms with Gasteiger partial charge in [0.15, 0.2) is 5.82 Å². The molecule has 2 spiro atoms. The van der Waals surface area contributed by atoms with Crippen LogP contribution in [0.25, 0.3) is 56.2 Å². The molecule has 13 rings (SSSR count). The fourth-order valence-corrected chi connectivity index (χ4v) is 12.3. The van der Waals surface area contributed by atoms with E-state index in [1.165, 1.54) is 65.4 Å². The van der Waals surface area contributed by atoms with Gasteiger partial charge in [0, 0.05) is 26.5 Å². The highest BCUT2D eigenvalue weighted by Crippen LogP contribution is 2.67. The van der Waals surface area contributed by atoms with Crippen LogP contribution in [0.1, 0.15) is 44.5 Å². The van der Waals surface area contributed by atoms with Gasteiger partial charge in [0.2, 0.25) is 0 Å². The molecule has 294 valence electrons. The lowest BCUT2D eigenvalue weighted by molar-refractivity contribution is 0.605. The van der Waals surface area contributed by atoms with E-state index in [0.717, 1.165) is 39.2 Å². The van der Waals surface area contributed by atoms with E-state index in [9.17, 15) is 0 Å². The molecule has 2 heterocycles. The van der Waals surface area contributed by atoms with E-state index >= 15 is 0 Å². The Kier molecular flexibility index (Phi) is 8.00. The molecular weight excluding hydrogens is 781 g/mol. The molecule has 0 bridgehead atoms. The highest BCUT2D eigenvalue weighted by Gasteiger charge is 2.58. The third kappa shape index (κ3) is 5.15. The van der Waals surface area contributed by atoms with Crippen molar-refractivity contribution in [3.05, 3.63) is 275 Å². The van der Waals surface area contributed by atoms with Crippen molar-refractivity contribution in [1.82, 2.24) is 9.97 Å². The third-order valence-corrected chi connectivity index (χ3v) is 14.8. The predicted octanol–water partition coefficient (Wildman–Crippen LogP) is 14.7. The molecule has 63 heavy (non-hydrogen) atoms. The molecule has 0 N–H and O–H groups in total. The van der Waals surface area contributed by atoms with Crippen molar-refractivity contribution in [2.45, 2.75) is 20.6 Å². The first kappa shape index (κ1) is 36.1. The van der Waals surface area contributed by atoms with Crippen molar-refractivity contribution in [3.63, 3.8) is 0 Å². The number of rotatable bonds is 4. The van der Waals surface area contributed by atoms with E-state index in [2.05, 4.69) is 218 Å². The molecule has 0 atom stereocenters. The molecule has 2 aliphatic carbocycles. The number of aromatic nitrogens is 2. The molecule has 9 aromatic carbocycles. The van der Waals surface area contributed by atoms with E-state index in [0.29, 0.717) is 5.82 Å². The van der Waals surface area contributed by atoms with Crippen LogP contribution in [0.5, 0.6) is 0 Å². The summed E-state index contributed by atoms with van der Waals surface area (Å²) in [5.74, 6) is 0.705. The summed E-state index contributed by atoms with van der Waals surface area (Å²) in [5.41, 5.74) is 19.4. The van der Waals surface area contributed by atoms with Gasteiger partial charge in [-0.2, -0.15) is 0 Å². The first-order chi connectivity index (χ1) is 31.2. The van der Waals surface area contributed by atoms with Crippen molar-refractivity contribution in [2.75, 3.05) is 0 Å². The van der Waals surface area contributed by atoms with Gasteiger partial charge in [-0.15, -0.1) is 0 Å². The summed E-state index contributed by atoms with van der Waals surface area (Å²) < 4.78 is 0. The Labute approximate surface area is 371 Å². The molecule has 3 heteroatoms. The van der Waals surface area contributed by atoms with Crippen molar-refractivity contribution < 1.29 is 0 Å². The zero-order valence-electron chi connectivity index (χ0n) is 34.2. The van der Waals surface area contributed by atoms with Crippen LogP contribution in [0.4, 0.5) is 0 Å². The van der Waals surface area contributed by atoms with Gasteiger partial charge in [-0.3, -0.25) is 0 Å². The maximum absolute atomic E-state index is 5.17. The SMILES string of the molecule is c1ccc(-c2cc(-c3ccccc3)nc(-c3cccc(-c4ccc5c(c4)-c4ccccc4C54c5ccccc5C5(c6ccccc6Sc6ccccc65)c5ccccc54)c3)n2)cc1. The summed E-state index contributed by atoms with van der Waals surface area (Å²) in [4.78, 5) is 13.0. The molecule has 3 aliphatic rings. The maximum Gasteiger partial charge on any atom is 0.160 e. The zero-order valence-corrected chi connectivity index (χ0v) is 35.1. The van der Waals surface area contributed by atoms with Crippen molar-refractivity contribution in [1.29, 1.82) is 0 Å². The lowest BCUT2D eigenvalue weighted by atomic mass is 9.51. The largest absolute Gasteiger partial charge is 0.228 e. The molecule has 0 saturated carbocycles. The Morgan fingerprint density at radius 2 is 0.683 bits per heavy atom. The van der Waals surface area contributed by atoms with Crippen LogP contribution < -0.4 is 0 Å². The molecule has 10 aromatic rings. The standard InChI is InChI=1S/C60H38N2S/c1-3-18-39(19-4-1)54-38-55(40-20-5-2-6-21-40)62-58(61-54)43-23-17-22-41(36-43)42-34-35-47-45(37-42)44-24-7-8-25-46(44)59(47)48-26-9-11-28-50(48)60(51-29-12-10-27-49(51)59)52-30-13-15-32-56(52)63-57-33-16-14-31-53(57)60/h1-38H. The number of fused-ring (bicyclic) bond motifs is 15. The Bertz CT molecular complexity index is 3290. The van der Waals surface area contributed by atoms with Crippen LogP contribution in [-0.4, -0.2) is 9.97 Å². The smallest absolute Gasteiger partial charge is 0.160 e. The van der Waals surface area contributed by atoms with Gasteiger partial charge < -0.3 is 0 Å². The third-order valence-electron chi connectivity index (χ3n) is 13.6. The molecular formula is C60H38N2S. The Hall–Kier alpha value is -7.59. The van der Waals surface area contributed by atoms with Crippen LogP contribution in [0.15, 0.2) is 240 Å². The Morgan fingerprint density at radius 1 is 0.270 bits per heavy atom. The van der Waals surface area contributed by atoms with Crippen LogP contribution in [-0.2, 0) is 10.8 Å². The van der Waals surface area contributed by atoms with E-state index in [1.54, 1.807) is 0 Å². The molecule has 0 fully saturated rings. The summed E-state index contributed by atoms with van der Waals surface area (Å²) in [6, 6.07) is 84.7. The Balaban J connectivity index is 1.01. The van der Waals surface area contributed by atoms with Crippen LogP contribution >= 0.6 is 11.8 Å². The van der Waals surface area contributed by atoms with E-state index in [1.807, 2.05) is 23.9 Å². The van der Waals surface area contributed by atoms with Crippen molar-refractivity contribution in [2.24, 2.45) is 0 Å². The van der Waals surface area contributed by atoms with Gasteiger partial charge in [-0.05, 0) is 97.1 Å². The summed E-state index contributed by atoms with van der Waals surface area (Å²) >= 11 is 1.89. The van der Waals surface area contributed by atoms with Crippen molar-refractivity contribution >= 4 is 11.8 Å². The fraction of sp³-hybridized carbons (Fsp3) is 0.0333. The number of benzene rings is 9. The highest BCUT2D eigenvalue weighted by molar-refractivity contribution is 7.99. The second-order valence-electron chi connectivity index (χ2n) is 16.8. The molecule has 0 saturated heterocycles. The van der Waals surface area contributed by atoms with E-state index in [-0.39, 0.29) is 0 Å². The minimum Gasteiger partial charge on any atom is -0.228 e. The van der Waals surface area contributed by atoms with Gasteiger partial charge >= 0.3 is 0 Å². The molecule has 1 aromatic heterocycles. The van der Waals surface area contributed by atoms with Crippen LogP contribution in [0, 0.1) is 0 Å². The summed E-state index contributed by atoms with van der Waals surface area (Å²) in [6.45, 7) is 0. The number of hydrogen-bond donors (Lipinski definition) is 0. The maximum atomic E-state index is 5.17. The van der Waals surface area contributed by atoms with Gasteiger partial charge in [-0.25, -0.2) is 9.97 Å². The topological polar surface area (TPSA) is 25.8 Å². The zero-order chi connectivity index (χ0) is 41.5. The van der Waals surface area contributed by atoms with E-state index in [4.69, 9.17) is 9.97 Å². The Morgan fingerprint density at radius 3 is 1.25 bits per heavy atom. The second kappa shape index (κ2) is 14.0. The summed E-state index contributed by atoms with van der Waals surface area (Å²) in [7, 11) is 0. The molecule has 0 radical (unpaired) electrons. The quantitative estimate of drug-likeness (QED) is 0.177. The van der Waals surface area contributed by atoms with Gasteiger partial charge in [0.1, 0.15) is 0 Å². The predicted molar refractivity (Wildman–Crippen MR) is 257 cm³/mol. The van der Waals surface area contributed by atoms with Crippen LogP contribution in [0.3, 0.4) is 0 Å². The fourth-order valence-electron chi connectivity index (χ4n) is 11.1. The molecule has 1 aliphatic heterocycles. The summed E-state index contributed by atoms with van der Waals surface area (Å²) in [5, 5.41) is 0. The monoisotopic (exact) mass is 818 g/mol. The lowest BCUT2D eigenvalue weighted by Crippen LogP contribution is -2.45. The summed E-state index contributed by atoms with van der Waals surface area (Å²) in [6.07, 6.45) is 0. The lowest BCUT2D eigenvalue weighted by Gasteiger charge is -2.51. The second-order valence-corrected chi connectivity index (χ2v) is 17.9. The van der Waals surface area contributed by atoms with Gasteiger partial charge in [0.25, 0.3) is 0 Å². The van der Waals surface area contributed by atoms with Crippen LogP contribution in [0.2, 0.25) is 0 Å². The first-order valence-corrected chi connectivity index (χ1v) is 22.5. The first-order valence-electron chi connectivity index (χ1n) is 21.6. The average molecular weight is 819 g/mol. The van der Waals surface area contributed by atoms with E-state index < -0.39 is 10.8 Å². The van der Waals surface area contributed by atoms with Gasteiger partial charge in [-0.1, -0.05) is 212 Å². The molecule has 0 amide bonds. The van der Waals surface area contributed by atoms with Gasteiger partial charge in [0.05, 0.1) is 22.2 Å². The average Bonchev–Trinajstić information content (AvgIpc) is 3.66. The minimum atomic E-state index is -0.529. The molecule has 0 unspecified atom stereocenters. The number of hydrogen-bond acceptors (Lipinski definition) is 3. The van der Waals surface area contributed by atoms with Crippen molar-refractivity contribution in [3.8, 4) is 56.2 Å². The normalized spacial score (nSPS) is 14.2. The molecule has 2 nitrogen and oxygen atoms in total. The number of nitrogens with zero attached hydrogens (tertiary/aromatic N) is 2. The minimum absolute atomic E-state index is 0.491. The highest BCUT2D eigenvalue weighted by atomic mass is 32.2.